The fourth-order valence-corrected chi connectivity index (χ4v) is 4.06. The van der Waals surface area contributed by atoms with Crippen molar-refractivity contribution in [2.24, 2.45) is 11.5 Å². The molecule has 0 saturated carbocycles. The summed E-state index contributed by atoms with van der Waals surface area (Å²) in [6, 6.07) is 11.5. The van der Waals surface area contributed by atoms with Crippen LogP contribution in [0.4, 0.5) is 0 Å². The van der Waals surface area contributed by atoms with E-state index in [0.29, 0.717) is 16.7 Å². The average molecular weight is 509 g/mol. The van der Waals surface area contributed by atoms with E-state index < -0.39 is 34.5 Å². The first-order valence-corrected chi connectivity index (χ1v) is 12.1. The molecule has 0 saturated heterocycles. The van der Waals surface area contributed by atoms with Crippen LogP contribution in [0.25, 0.3) is 0 Å². The minimum absolute atomic E-state index is 0.0631. The molecule has 0 aliphatic carbocycles. The van der Waals surface area contributed by atoms with Crippen LogP contribution in [0.3, 0.4) is 0 Å². The molecule has 2 aromatic rings. The van der Waals surface area contributed by atoms with Gasteiger partial charge in [0.1, 0.15) is 16.0 Å². The molecule has 176 valence electrons. The van der Waals surface area contributed by atoms with Gasteiger partial charge in [-0.1, -0.05) is 54.8 Å². The van der Waals surface area contributed by atoms with E-state index in [2.05, 4.69) is 10.0 Å². The van der Waals surface area contributed by atoms with E-state index in [1.54, 1.807) is 31.2 Å². The summed E-state index contributed by atoms with van der Waals surface area (Å²) in [6.45, 7) is 1.18. The van der Waals surface area contributed by atoms with Crippen LogP contribution in [0.1, 0.15) is 23.6 Å². The number of thiocarbonyl (C=S) groups is 2. The van der Waals surface area contributed by atoms with Crippen molar-refractivity contribution in [1.82, 2.24) is 10.0 Å². The number of sulfonamides is 1. The lowest BCUT2D eigenvalue weighted by molar-refractivity contribution is -0.147. The zero-order chi connectivity index (χ0) is 24.6. The molecule has 0 fully saturated rings. The van der Waals surface area contributed by atoms with Crippen LogP contribution in [0.2, 0.25) is 0 Å². The van der Waals surface area contributed by atoms with Crippen molar-refractivity contribution in [1.29, 1.82) is 0 Å². The Labute approximate surface area is 202 Å². The van der Waals surface area contributed by atoms with E-state index in [1.807, 2.05) is 0 Å². The molecule has 0 aromatic heterocycles. The summed E-state index contributed by atoms with van der Waals surface area (Å²) in [6.07, 6.45) is 0.105. The van der Waals surface area contributed by atoms with Gasteiger partial charge in [0.25, 0.3) is 0 Å². The second-order valence-corrected chi connectivity index (χ2v) is 9.50. The molecule has 0 aliphatic heterocycles. The summed E-state index contributed by atoms with van der Waals surface area (Å²) >= 11 is 9.81. The third kappa shape index (κ3) is 7.86. The topological polar surface area (TPSA) is 154 Å². The fourth-order valence-electron chi connectivity index (χ4n) is 2.81. The Morgan fingerprint density at radius 2 is 1.67 bits per heavy atom. The Hall–Kier alpha value is -2.93. The molecular weight excluding hydrogens is 484 g/mol. The number of nitrogens with one attached hydrogen (secondary N) is 2. The average Bonchev–Trinajstić information content (AvgIpc) is 2.77. The van der Waals surface area contributed by atoms with Gasteiger partial charge in [-0.2, -0.15) is 0 Å². The van der Waals surface area contributed by atoms with E-state index in [4.69, 9.17) is 40.6 Å². The molecule has 9 nitrogen and oxygen atoms in total. The van der Waals surface area contributed by atoms with Crippen molar-refractivity contribution < 1.29 is 22.7 Å². The maximum atomic E-state index is 12.5. The Morgan fingerprint density at radius 3 is 2.24 bits per heavy atom. The normalized spacial score (nSPS) is 11.9. The van der Waals surface area contributed by atoms with Gasteiger partial charge in [-0.05, 0) is 30.7 Å². The lowest BCUT2D eigenvalue weighted by atomic mass is 10.0. The van der Waals surface area contributed by atoms with Crippen molar-refractivity contribution >= 4 is 56.3 Å². The first kappa shape index (κ1) is 26.3. The van der Waals surface area contributed by atoms with Crippen LogP contribution in [-0.4, -0.2) is 49.5 Å². The van der Waals surface area contributed by atoms with Crippen LogP contribution in [0, 0.1) is 0 Å². The van der Waals surface area contributed by atoms with E-state index in [0.717, 1.165) is 0 Å². The standard InChI is InChI=1S/C21H24N4O5S3/c1-2-30-21(27)17(11-13-4-3-5-15(10-13)20(23)32)25-18(26)12-24-33(28,29)16-8-6-14(7-9-16)19(22)31/h3-10,17,24H,2,11-12H2,1H3,(H2,22,31)(H2,23,32)(H,25,26). The maximum absolute atomic E-state index is 12.5. The lowest BCUT2D eigenvalue weighted by Gasteiger charge is -2.18. The summed E-state index contributed by atoms with van der Waals surface area (Å²) < 4.78 is 32.2. The van der Waals surface area contributed by atoms with Crippen LogP contribution >= 0.6 is 24.4 Å². The fraction of sp³-hybridized carbons (Fsp3) is 0.238. The number of carbonyl (C=O) groups is 2. The number of benzene rings is 2. The third-order valence-electron chi connectivity index (χ3n) is 4.43. The second kappa shape index (κ2) is 11.8. The summed E-state index contributed by atoms with van der Waals surface area (Å²) in [4.78, 5) is 25.1. The van der Waals surface area contributed by atoms with E-state index in [1.165, 1.54) is 24.3 Å². The van der Waals surface area contributed by atoms with Gasteiger partial charge in [0.05, 0.1) is 18.0 Å². The minimum Gasteiger partial charge on any atom is -0.464 e. The number of hydrogen-bond donors (Lipinski definition) is 4. The number of nitrogens with two attached hydrogens (primary N) is 2. The molecule has 1 amide bonds. The molecule has 6 N–H and O–H groups in total. The highest BCUT2D eigenvalue weighted by molar-refractivity contribution is 7.89. The number of rotatable bonds is 11. The largest absolute Gasteiger partial charge is 0.464 e. The van der Waals surface area contributed by atoms with Gasteiger partial charge in [0, 0.05) is 17.5 Å². The molecule has 1 unspecified atom stereocenters. The zero-order valence-electron chi connectivity index (χ0n) is 17.7. The number of ether oxygens (including phenoxy) is 1. The van der Waals surface area contributed by atoms with Crippen LogP contribution in [0.15, 0.2) is 53.4 Å². The highest BCUT2D eigenvalue weighted by atomic mass is 32.2. The van der Waals surface area contributed by atoms with Gasteiger partial charge in [-0.3, -0.25) is 4.79 Å². The van der Waals surface area contributed by atoms with Crippen molar-refractivity contribution in [3.8, 4) is 0 Å². The maximum Gasteiger partial charge on any atom is 0.328 e. The van der Waals surface area contributed by atoms with Gasteiger partial charge in [-0.25, -0.2) is 17.9 Å². The third-order valence-corrected chi connectivity index (χ3v) is 6.32. The predicted octanol–water partition coefficient (Wildman–Crippen LogP) is 0.524. The Bertz CT molecular complexity index is 1150. The second-order valence-electron chi connectivity index (χ2n) is 6.85. The van der Waals surface area contributed by atoms with Crippen molar-refractivity contribution in [3.05, 3.63) is 65.2 Å². The van der Waals surface area contributed by atoms with Gasteiger partial charge in [-0.15, -0.1) is 0 Å². The molecule has 12 heteroatoms. The van der Waals surface area contributed by atoms with Crippen LogP contribution in [-0.2, 0) is 30.8 Å². The monoisotopic (exact) mass is 508 g/mol. The molecule has 2 rings (SSSR count). The quantitative estimate of drug-likeness (QED) is 0.251. The zero-order valence-corrected chi connectivity index (χ0v) is 20.2. The minimum atomic E-state index is -3.98. The van der Waals surface area contributed by atoms with Crippen molar-refractivity contribution in [2.75, 3.05) is 13.2 Å². The van der Waals surface area contributed by atoms with Crippen LogP contribution in [0.5, 0.6) is 0 Å². The number of esters is 1. The van der Waals surface area contributed by atoms with Gasteiger partial charge in [0.2, 0.25) is 15.9 Å². The highest BCUT2D eigenvalue weighted by Crippen LogP contribution is 2.11. The molecule has 0 heterocycles. The Kier molecular flexibility index (Phi) is 9.41. The number of carbonyl (C=O) groups excluding carboxylic acids is 2. The van der Waals surface area contributed by atoms with Crippen LogP contribution < -0.4 is 21.5 Å². The van der Waals surface area contributed by atoms with Gasteiger partial charge in [0.15, 0.2) is 0 Å². The Balaban J connectivity index is 2.07. The first-order valence-electron chi connectivity index (χ1n) is 9.77. The molecule has 0 radical (unpaired) electrons. The highest BCUT2D eigenvalue weighted by Gasteiger charge is 2.24. The molecule has 2 aromatic carbocycles. The summed E-state index contributed by atoms with van der Waals surface area (Å²) in [5, 5.41) is 2.51. The van der Waals surface area contributed by atoms with E-state index in [9.17, 15) is 18.0 Å². The molecule has 0 aliphatic rings. The molecule has 33 heavy (non-hydrogen) atoms. The molecule has 0 spiro atoms. The van der Waals surface area contributed by atoms with Gasteiger partial charge < -0.3 is 21.5 Å². The summed E-state index contributed by atoms with van der Waals surface area (Å²) in [7, 11) is -3.98. The first-order chi connectivity index (χ1) is 15.5. The molecule has 0 bridgehead atoms. The predicted molar refractivity (Wildman–Crippen MR) is 132 cm³/mol. The lowest BCUT2D eigenvalue weighted by Crippen LogP contribution is -2.47. The van der Waals surface area contributed by atoms with Crippen molar-refractivity contribution in [2.45, 2.75) is 24.3 Å². The molecular formula is C21H24N4O5S3. The SMILES string of the molecule is CCOC(=O)C(Cc1cccc(C(N)=S)c1)NC(=O)CNS(=O)(=O)c1ccc(C(N)=S)cc1. The summed E-state index contributed by atoms with van der Waals surface area (Å²) in [5.41, 5.74) is 13.0. The number of amides is 1. The Morgan fingerprint density at radius 1 is 1.03 bits per heavy atom. The van der Waals surface area contributed by atoms with E-state index in [-0.39, 0.29) is 27.9 Å². The summed E-state index contributed by atoms with van der Waals surface area (Å²) in [5.74, 6) is -1.36. The number of hydrogen-bond acceptors (Lipinski definition) is 7. The van der Waals surface area contributed by atoms with Crippen molar-refractivity contribution in [3.63, 3.8) is 0 Å². The van der Waals surface area contributed by atoms with E-state index >= 15 is 0 Å². The smallest absolute Gasteiger partial charge is 0.328 e. The van der Waals surface area contributed by atoms with Gasteiger partial charge >= 0.3 is 5.97 Å². The molecule has 1 atom stereocenters.